The number of para-hydroxylation sites is 1. The van der Waals surface area contributed by atoms with Crippen molar-refractivity contribution in [3.05, 3.63) is 59.7 Å². The van der Waals surface area contributed by atoms with Crippen molar-refractivity contribution in [3.63, 3.8) is 0 Å². The van der Waals surface area contributed by atoms with Gasteiger partial charge in [0.25, 0.3) is 0 Å². The second-order valence-electron chi connectivity index (χ2n) is 5.65. The third kappa shape index (κ3) is 6.93. The fraction of sp³-hybridized carbons (Fsp3) is 0.263. The van der Waals surface area contributed by atoms with Crippen LogP contribution in [0.4, 0.5) is 14.5 Å². The van der Waals surface area contributed by atoms with Gasteiger partial charge in [-0.25, -0.2) is 0 Å². The molecule has 0 atom stereocenters. The molecule has 0 aliphatic carbocycles. The average molecular weight is 376 g/mol. The highest BCUT2D eigenvalue weighted by atomic mass is 19.3. The minimum Gasteiger partial charge on any atom is -0.434 e. The van der Waals surface area contributed by atoms with Gasteiger partial charge in [0.2, 0.25) is 5.91 Å². The summed E-state index contributed by atoms with van der Waals surface area (Å²) in [5, 5.41) is 8.92. The molecular weight excluding hydrogens is 354 g/mol. The molecule has 0 spiro atoms. The minimum atomic E-state index is -2.88. The summed E-state index contributed by atoms with van der Waals surface area (Å²) in [4.78, 5) is 15.3. The van der Waals surface area contributed by atoms with E-state index in [0.717, 1.165) is 5.56 Å². The van der Waals surface area contributed by atoms with Crippen LogP contribution in [0.25, 0.3) is 0 Å². The van der Waals surface area contributed by atoms with Gasteiger partial charge in [0.05, 0.1) is 0 Å². The second kappa shape index (κ2) is 10.1. The molecule has 2 rings (SSSR count). The lowest BCUT2D eigenvalue weighted by atomic mass is 10.2. The molecule has 0 heterocycles. The zero-order chi connectivity index (χ0) is 19.6. The van der Waals surface area contributed by atoms with E-state index in [1.807, 2.05) is 18.2 Å². The number of nitrogens with zero attached hydrogens (tertiary/aromatic N) is 1. The largest absolute Gasteiger partial charge is 0.434 e. The molecule has 0 aromatic heterocycles. The van der Waals surface area contributed by atoms with Crippen molar-refractivity contribution < 1.29 is 18.3 Å². The number of nitrogens with one attached hydrogen (secondary N) is 3. The van der Waals surface area contributed by atoms with E-state index in [1.54, 1.807) is 31.3 Å². The van der Waals surface area contributed by atoms with Crippen molar-refractivity contribution in [2.24, 2.45) is 4.99 Å². The molecule has 0 aliphatic rings. The van der Waals surface area contributed by atoms with E-state index in [2.05, 4.69) is 25.7 Å². The molecular formula is C19H22F2N4O2. The predicted molar refractivity (Wildman–Crippen MR) is 101 cm³/mol. The van der Waals surface area contributed by atoms with Gasteiger partial charge in [0, 0.05) is 38.3 Å². The van der Waals surface area contributed by atoms with Crippen molar-refractivity contribution in [1.82, 2.24) is 10.6 Å². The van der Waals surface area contributed by atoms with Crippen molar-refractivity contribution in [3.8, 4) is 5.75 Å². The molecule has 0 saturated carbocycles. The quantitative estimate of drug-likeness (QED) is 0.513. The Morgan fingerprint density at radius 1 is 1.11 bits per heavy atom. The summed E-state index contributed by atoms with van der Waals surface area (Å²) in [6.07, 6.45) is 0. The van der Waals surface area contributed by atoms with Gasteiger partial charge in [0.1, 0.15) is 5.75 Å². The van der Waals surface area contributed by atoms with Gasteiger partial charge >= 0.3 is 6.61 Å². The number of hydrogen-bond donors (Lipinski definition) is 3. The Morgan fingerprint density at radius 3 is 2.56 bits per heavy atom. The van der Waals surface area contributed by atoms with E-state index in [0.29, 0.717) is 23.8 Å². The summed E-state index contributed by atoms with van der Waals surface area (Å²) in [6, 6.07) is 14.0. The Bertz CT molecular complexity index is 797. The number of anilines is 1. The Balaban J connectivity index is 1.93. The number of carbonyl (C=O) groups excluding carboxylic acids is 1. The van der Waals surface area contributed by atoms with E-state index in [4.69, 9.17) is 0 Å². The Kier molecular flexibility index (Phi) is 7.54. The number of halogens is 2. The molecule has 3 N–H and O–H groups in total. The summed E-state index contributed by atoms with van der Waals surface area (Å²) in [5.41, 5.74) is 2.25. The van der Waals surface area contributed by atoms with Gasteiger partial charge in [-0.1, -0.05) is 30.3 Å². The normalized spacial score (nSPS) is 11.2. The zero-order valence-electron chi connectivity index (χ0n) is 15.1. The van der Waals surface area contributed by atoms with E-state index in [1.165, 1.54) is 13.0 Å². The summed E-state index contributed by atoms with van der Waals surface area (Å²) >= 11 is 0. The van der Waals surface area contributed by atoms with E-state index in [-0.39, 0.29) is 18.2 Å². The first-order valence-corrected chi connectivity index (χ1v) is 8.31. The molecule has 0 radical (unpaired) electrons. The topological polar surface area (TPSA) is 74.8 Å². The molecule has 8 heteroatoms. The number of benzene rings is 2. The van der Waals surface area contributed by atoms with Gasteiger partial charge in [-0.05, 0) is 23.8 Å². The monoisotopic (exact) mass is 376 g/mol. The summed E-state index contributed by atoms with van der Waals surface area (Å²) in [5.74, 6) is 0.493. The molecule has 0 aliphatic heterocycles. The lowest BCUT2D eigenvalue weighted by Crippen LogP contribution is -2.36. The first-order chi connectivity index (χ1) is 13.0. The first-order valence-electron chi connectivity index (χ1n) is 8.31. The third-order valence-electron chi connectivity index (χ3n) is 3.57. The first kappa shape index (κ1) is 20.2. The number of carbonyl (C=O) groups is 1. The maximum atomic E-state index is 12.5. The molecule has 2 aromatic rings. The van der Waals surface area contributed by atoms with Crippen molar-refractivity contribution in [2.75, 3.05) is 12.4 Å². The molecule has 2 aromatic carbocycles. The highest BCUT2D eigenvalue weighted by molar-refractivity contribution is 5.88. The van der Waals surface area contributed by atoms with Crippen LogP contribution in [0.3, 0.4) is 0 Å². The van der Waals surface area contributed by atoms with Crippen LogP contribution >= 0.6 is 0 Å². The zero-order valence-corrected chi connectivity index (χ0v) is 15.1. The number of guanidine groups is 1. The van der Waals surface area contributed by atoms with E-state index >= 15 is 0 Å². The molecule has 1 amide bonds. The molecule has 0 saturated heterocycles. The lowest BCUT2D eigenvalue weighted by Gasteiger charge is -2.15. The lowest BCUT2D eigenvalue weighted by molar-refractivity contribution is -0.114. The van der Waals surface area contributed by atoms with Crippen molar-refractivity contribution >= 4 is 17.6 Å². The van der Waals surface area contributed by atoms with Crippen molar-refractivity contribution in [2.45, 2.75) is 26.6 Å². The van der Waals surface area contributed by atoms with Crippen LogP contribution in [0.15, 0.2) is 53.5 Å². The fourth-order valence-electron chi connectivity index (χ4n) is 2.41. The highest BCUT2D eigenvalue weighted by Crippen LogP contribution is 2.19. The fourth-order valence-corrected chi connectivity index (χ4v) is 2.41. The maximum Gasteiger partial charge on any atom is 0.387 e. The third-order valence-corrected chi connectivity index (χ3v) is 3.57. The Hall–Kier alpha value is -3.16. The van der Waals surface area contributed by atoms with Gasteiger partial charge < -0.3 is 20.7 Å². The van der Waals surface area contributed by atoms with E-state index < -0.39 is 6.61 Å². The second-order valence-corrected chi connectivity index (χ2v) is 5.65. The SMILES string of the molecule is CN=C(NCc1cccc(NC(C)=O)c1)NCc1ccccc1OC(F)F. The number of amides is 1. The maximum absolute atomic E-state index is 12.5. The number of alkyl halides is 2. The average Bonchev–Trinajstić information content (AvgIpc) is 2.62. The minimum absolute atomic E-state index is 0.124. The molecule has 6 nitrogen and oxygen atoms in total. The molecule has 27 heavy (non-hydrogen) atoms. The van der Waals surface area contributed by atoms with E-state index in [9.17, 15) is 13.6 Å². The summed E-state index contributed by atoms with van der Waals surface area (Å²) in [6.45, 7) is -0.678. The van der Waals surface area contributed by atoms with Gasteiger partial charge in [-0.15, -0.1) is 0 Å². The van der Waals surface area contributed by atoms with Crippen LogP contribution in [-0.2, 0) is 17.9 Å². The highest BCUT2D eigenvalue weighted by Gasteiger charge is 2.09. The summed E-state index contributed by atoms with van der Waals surface area (Å²) in [7, 11) is 1.62. The van der Waals surface area contributed by atoms with Crippen LogP contribution in [-0.4, -0.2) is 25.5 Å². The van der Waals surface area contributed by atoms with Crippen LogP contribution in [0, 0.1) is 0 Å². The van der Waals surface area contributed by atoms with Crippen LogP contribution in [0.1, 0.15) is 18.1 Å². The Morgan fingerprint density at radius 2 is 1.85 bits per heavy atom. The molecule has 0 bridgehead atoms. The molecule has 0 unspecified atom stereocenters. The predicted octanol–water partition coefficient (Wildman–Crippen LogP) is 3.11. The number of rotatable bonds is 7. The van der Waals surface area contributed by atoms with Crippen molar-refractivity contribution in [1.29, 1.82) is 0 Å². The van der Waals surface area contributed by atoms with Crippen LogP contribution < -0.4 is 20.7 Å². The van der Waals surface area contributed by atoms with Crippen LogP contribution in [0.2, 0.25) is 0 Å². The van der Waals surface area contributed by atoms with Gasteiger partial charge in [0.15, 0.2) is 5.96 Å². The number of ether oxygens (including phenoxy) is 1. The molecule has 0 fully saturated rings. The Labute approximate surface area is 156 Å². The number of aliphatic imine (C=N–C) groups is 1. The molecule has 144 valence electrons. The summed E-state index contributed by atoms with van der Waals surface area (Å²) < 4.78 is 29.5. The smallest absolute Gasteiger partial charge is 0.387 e. The van der Waals surface area contributed by atoms with Gasteiger partial charge in [-0.3, -0.25) is 9.79 Å². The standard InChI is InChI=1S/C19H22F2N4O2/c1-13(26)25-16-8-5-6-14(10-16)11-23-19(22-2)24-12-15-7-3-4-9-17(15)27-18(20)21/h3-10,18H,11-12H2,1-2H3,(H,25,26)(H2,22,23,24). The number of hydrogen-bond acceptors (Lipinski definition) is 3. The van der Waals surface area contributed by atoms with Gasteiger partial charge in [-0.2, -0.15) is 8.78 Å². The van der Waals surface area contributed by atoms with Crippen LogP contribution in [0.5, 0.6) is 5.75 Å².